The summed E-state index contributed by atoms with van der Waals surface area (Å²) in [7, 11) is 0. The molecule has 0 aromatic heterocycles. The molecule has 1 aliphatic heterocycles. The molecular weight excluding hydrogens is 224 g/mol. The average molecular weight is 254 g/mol. The zero-order valence-electron chi connectivity index (χ0n) is 12.1. The number of likely N-dealkylation sites (tertiary alicyclic amines) is 1. The van der Waals surface area contributed by atoms with E-state index in [0.717, 1.165) is 18.9 Å². The van der Waals surface area contributed by atoms with Crippen LogP contribution in [0.1, 0.15) is 52.4 Å². The van der Waals surface area contributed by atoms with E-state index in [1.165, 1.54) is 45.2 Å². The molecule has 1 saturated carbocycles. The lowest BCUT2D eigenvalue weighted by molar-refractivity contribution is 0.000170. The van der Waals surface area contributed by atoms with Crippen LogP contribution in [0.2, 0.25) is 0 Å². The van der Waals surface area contributed by atoms with Crippen LogP contribution in [0.3, 0.4) is 0 Å². The van der Waals surface area contributed by atoms with Gasteiger partial charge in [-0.2, -0.15) is 0 Å². The quantitative estimate of drug-likeness (QED) is 0.805. The van der Waals surface area contributed by atoms with Crippen LogP contribution >= 0.6 is 0 Å². The first-order valence-corrected chi connectivity index (χ1v) is 7.82. The third-order valence-corrected chi connectivity index (χ3v) is 4.53. The van der Waals surface area contributed by atoms with Gasteiger partial charge in [0.25, 0.3) is 0 Å². The molecule has 2 aliphatic rings. The van der Waals surface area contributed by atoms with Gasteiger partial charge in [-0.1, -0.05) is 26.7 Å². The van der Waals surface area contributed by atoms with Crippen molar-refractivity contribution in [1.29, 1.82) is 0 Å². The molecule has 1 saturated heterocycles. The van der Waals surface area contributed by atoms with Gasteiger partial charge >= 0.3 is 0 Å². The third-order valence-electron chi connectivity index (χ3n) is 4.53. The Bertz CT molecular complexity index is 245. The fraction of sp³-hybridized carbons (Fsp3) is 1.00. The minimum atomic E-state index is -0.0736. The Labute approximate surface area is 112 Å². The van der Waals surface area contributed by atoms with Crippen LogP contribution in [0, 0.1) is 5.92 Å². The normalized spacial score (nSPS) is 35.0. The highest BCUT2D eigenvalue weighted by atomic mass is 16.3. The second-order valence-electron chi connectivity index (χ2n) is 6.49. The fourth-order valence-electron chi connectivity index (χ4n) is 3.49. The topological polar surface area (TPSA) is 35.5 Å². The predicted octanol–water partition coefficient (Wildman–Crippen LogP) is 2.00. The maximum atomic E-state index is 10.2. The van der Waals surface area contributed by atoms with E-state index < -0.39 is 0 Å². The monoisotopic (exact) mass is 254 g/mol. The van der Waals surface area contributed by atoms with Gasteiger partial charge in [0, 0.05) is 18.6 Å². The fourth-order valence-corrected chi connectivity index (χ4v) is 3.49. The first kappa shape index (κ1) is 14.3. The molecule has 2 N–H and O–H groups in total. The molecule has 3 nitrogen and oxygen atoms in total. The van der Waals surface area contributed by atoms with Crippen molar-refractivity contribution in [3.8, 4) is 0 Å². The van der Waals surface area contributed by atoms with E-state index in [1.807, 2.05) is 0 Å². The maximum absolute atomic E-state index is 10.2. The van der Waals surface area contributed by atoms with Crippen molar-refractivity contribution in [2.75, 3.05) is 19.6 Å². The second-order valence-corrected chi connectivity index (χ2v) is 6.49. The largest absolute Gasteiger partial charge is 0.391 e. The number of aliphatic hydroxyl groups excluding tert-OH is 1. The van der Waals surface area contributed by atoms with E-state index in [4.69, 9.17) is 0 Å². The Hall–Kier alpha value is -0.120. The molecule has 1 aliphatic carbocycles. The lowest BCUT2D eigenvalue weighted by Crippen LogP contribution is -2.51. The number of aliphatic hydroxyl groups is 1. The molecule has 0 aromatic rings. The van der Waals surface area contributed by atoms with Crippen LogP contribution in [0.15, 0.2) is 0 Å². The van der Waals surface area contributed by atoms with Crippen molar-refractivity contribution in [2.24, 2.45) is 5.92 Å². The summed E-state index contributed by atoms with van der Waals surface area (Å²) in [6, 6.07) is 1.03. The van der Waals surface area contributed by atoms with Crippen molar-refractivity contribution < 1.29 is 5.11 Å². The van der Waals surface area contributed by atoms with E-state index >= 15 is 0 Å². The van der Waals surface area contributed by atoms with Crippen LogP contribution in [-0.4, -0.2) is 47.8 Å². The first-order chi connectivity index (χ1) is 8.66. The summed E-state index contributed by atoms with van der Waals surface area (Å²) in [6.07, 6.45) is 7.29. The molecule has 0 bridgehead atoms. The van der Waals surface area contributed by atoms with Crippen molar-refractivity contribution in [1.82, 2.24) is 10.2 Å². The molecule has 0 amide bonds. The molecule has 0 radical (unpaired) electrons. The smallest absolute Gasteiger partial charge is 0.0695 e. The van der Waals surface area contributed by atoms with E-state index in [1.54, 1.807) is 0 Å². The molecule has 106 valence electrons. The van der Waals surface area contributed by atoms with Gasteiger partial charge in [0.2, 0.25) is 0 Å². The van der Waals surface area contributed by atoms with Gasteiger partial charge < -0.3 is 10.4 Å². The zero-order valence-corrected chi connectivity index (χ0v) is 12.1. The van der Waals surface area contributed by atoms with Crippen LogP contribution in [-0.2, 0) is 0 Å². The summed E-state index contributed by atoms with van der Waals surface area (Å²) in [5.74, 6) is 0.773. The van der Waals surface area contributed by atoms with E-state index in [0.29, 0.717) is 12.1 Å². The Morgan fingerprint density at radius 1 is 1.17 bits per heavy atom. The highest BCUT2D eigenvalue weighted by molar-refractivity contribution is 4.87. The van der Waals surface area contributed by atoms with Crippen LogP contribution in [0.4, 0.5) is 0 Å². The highest BCUT2D eigenvalue weighted by Gasteiger charge is 2.31. The molecular formula is C15H30N2O. The summed E-state index contributed by atoms with van der Waals surface area (Å²) < 4.78 is 0. The van der Waals surface area contributed by atoms with E-state index in [-0.39, 0.29) is 6.10 Å². The average Bonchev–Trinajstić information content (AvgIpc) is 2.37. The lowest BCUT2D eigenvalue weighted by Gasteiger charge is -2.42. The number of hydrogen-bond acceptors (Lipinski definition) is 3. The third kappa shape index (κ3) is 3.94. The molecule has 3 atom stereocenters. The van der Waals surface area contributed by atoms with Crippen LogP contribution in [0.5, 0.6) is 0 Å². The van der Waals surface area contributed by atoms with Gasteiger partial charge in [0.15, 0.2) is 0 Å². The summed E-state index contributed by atoms with van der Waals surface area (Å²) in [5, 5.41) is 13.7. The Balaban J connectivity index is 1.81. The Kier molecular flexibility index (Phi) is 5.46. The Morgan fingerprint density at radius 3 is 2.67 bits per heavy atom. The first-order valence-electron chi connectivity index (χ1n) is 7.82. The van der Waals surface area contributed by atoms with Crippen molar-refractivity contribution in [3.63, 3.8) is 0 Å². The van der Waals surface area contributed by atoms with Gasteiger partial charge in [-0.05, 0) is 44.7 Å². The van der Waals surface area contributed by atoms with Crippen LogP contribution in [0.25, 0.3) is 0 Å². The molecule has 0 aromatic carbocycles. The minimum Gasteiger partial charge on any atom is -0.391 e. The second kappa shape index (κ2) is 6.88. The van der Waals surface area contributed by atoms with Crippen LogP contribution < -0.4 is 5.32 Å². The van der Waals surface area contributed by atoms with Gasteiger partial charge in [0.1, 0.15) is 0 Å². The zero-order chi connectivity index (χ0) is 13.0. The highest BCUT2D eigenvalue weighted by Crippen LogP contribution is 2.27. The molecule has 3 heteroatoms. The summed E-state index contributed by atoms with van der Waals surface area (Å²) >= 11 is 0. The lowest BCUT2D eigenvalue weighted by atomic mass is 9.88. The number of nitrogens with zero attached hydrogens (tertiary/aromatic N) is 1. The SMILES string of the molecule is CC(C)NCC1CCCN(C2CCCCC2O)C1. The summed E-state index contributed by atoms with van der Waals surface area (Å²) in [4.78, 5) is 2.57. The van der Waals surface area contributed by atoms with Gasteiger partial charge in [0.05, 0.1) is 6.10 Å². The van der Waals surface area contributed by atoms with Gasteiger partial charge in [-0.15, -0.1) is 0 Å². The number of piperidine rings is 1. The molecule has 0 spiro atoms. The van der Waals surface area contributed by atoms with Crippen molar-refractivity contribution >= 4 is 0 Å². The number of rotatable bonds is 4. The van der Waals surface area contributed by atoms with Gasteiger partial charge in [-0.3, -0.25) is 4.90 Å². The van der Waals surface area contributed by atoms with E-state index in [2.05, 4.69) is 24.1 Å². The molecule has 1 heterocycles. The standard InChI is InChI=1S/C15H30N2O/c1-12(2)16-10-13-6-5-9-17(11-13)14-7-3-4-8-15(14)18/h12-16,18H,3-11H2,1-2H3. The number of nitrogens with one attached hydrogen (secondary N) is 1. The molecule has 2 fully saturated rings. The summed E-state index contributed by atoms with van der Waals surface area (Å²) in [6.45, 7) is 7.94. The number of hydrogen-bond donors (Lipinski definition) is 2. The Morgan fingerprint density at radius 2 is 1.94 bits per heavy atom. The minimum absolute atomic E-state index is 0.0736. The molecule has 2 rings (SSSR count). The molecule has 3 unspecified atom stereocenters. The van der Waals surface area contributed by atoms with Gasteiger partial charge in [-0.25, -0.2) is 0 Å². The van der Waals surface area contributed by atoms with Crippen molar-refractivity contribution in [2.45, 2.75) is 70.6 Å². The summed E-state index contributed by atoms with van der Waals surface area (Å²) in [5.41, 5.74) is 0. The van der Waals surface area contributed by atoms with Crippen molar-refractivity contribution in [3.05, 3.63) is 0 Å². The van der Waals surface area contributed by atoms with E-state index in [9.17, 15) is 5.11 Å². The molecule has 18 heavy (non-hydrogen) atoms. The maximum Gasteiger partial charge on any atom is 0.0695 e. The predicted molar refractivity (Wildman–Crippen MR) is 75.7 cm³/mol.